The summed E-state index contributed by atoms with van der Waals surface area (Å²) in [5, 5.41) is 0. The molecule has 4 heteroatoms. The third-order valence-corrected chi connectivity index (χ3v) is 4.33. The number of para-hydroxylation sites is 1. The van der Waals surface area contributed by atoms with E-state index in [1.165, 1.54) is 0 Å². The van der Waals surface area contributed by atoms with Gasteiger partial charge in [-0.05, 0) is 37.8 Å². The first-order valence-electron chi connectivity index (χ1n) is 7.42. The Morgan fingerprint density at radius 1 is 1.10 bits per heavy atom. The summed E-state index contributed by atoms with van der Waals surface area (Å²) >= 11 is 0. The van der Waals surface area contributed by atoms with Crippen LogP contribution in [0.5, 0.6) is 0 Å². The molecule has 0 radical (unpaired) electrons. The zero-order valence-electron chi connectivity index (χ0n) is 11.8. The van der Waals surface area contributed by atoms with Crippen molar-refractivity contribution in [2.75, 3.05) is 11.4 Å². The van der Waals surface area contributed by atoms with Gasteiger partial charge in [0.25, 0.3) is 5.91 Å². The van der Waals surface area contributed by atoms with Crippen molar-refractivity contribution in [3.63, 3.8) is 0 Å². The summed E-state index contributed by atoms with van der Waals surface area (Å²) in [6.07, 6.45) is 3.49. The SMILES string of the molecule is CCC1C(=O)N2CCCCC2C(=O)N1c1ccccc1. The minimum Gasteiger partial charge on any atom is -0.329 e. The third-order valence-electron chi connectivity index (χ3n) is 4.33. The topological polar surface area (TPSA) is 40.6 Å². The van der Waals surface area contributed by atoms with Gasteiger partial charge in [0, 0.05) is 12.2 Å². The Labute approximate surface area is 119 Å². The van der Waals surface area contributed by atoms with E-state index in [0.29, 0.717) is 6.42 Å². The Morgan fingerprint density at radius 3 is 2.55 bits per heavy atom. The molecule has 2 saturated heterocycles. The lowest BCUT2D eigenvalue weighted by Crippen LogP contribution is -2.66. The van der Waals surface area contributed by atoms with E-state index in [4.69, 9.17) is 0 Å². The fraction of sp³-hybridized carbons (Fsp3) is 0.500. The highest BCUT2D eigenvalue weighted by atomic mass is 16.2. The molecule has 1 aromatic rings. The Balaban J connectivity index is 1.99. The van der Waals surface area contributed by atoms with Crippen molar-refractivity contribution in [3.8, 4) is 0 Å². The maximum absolute atomic E-state index is 12.8. The molecule has 20 heavy (non-hydrogen) atoms. The number of piperidine rings is 1. The van der Waals surface area contributed by atoms with Crippen molar-refractivity contribution in [3.05, 3.63) is 30.3 Å². The molecule has 0 bridgehead atoms. The summed E-state index contributed by atoms with van der Waals surface area (Å²) in [6, 6.07) is 8.96. The average molecular weight is 272 g/mol. The number of nitrogens with zero attached hydrogens (tertiary/aromatic N) is 2. The molecule has 106 valence electrons. The molecule has 2 aliphatic heterocycles. The molecule has 3 rings (SSSR count). The zero-order valence-corrected chi connectivity index (χ0v) is 11.8. The van der Waals surface area contributed by atoms with Gasteiger partial charge in [-0.1, -0.05) is 25.1 Å². The first-order chi connectivity index (χ1) is 9.74. The number of piperazine rings is 1. The van der Waals surface area contributed by atoms with Gasteiger partial charge in [-0.3, -0.25) is 14.5 Å². The lowest BCUT2D eigenvalue weighted by Gasteiger charge is -2.46. The molecular weight excluding hydrogens is 252 g/mol. The van der Waals surface area contributed by atoms with Gasteiger partial charge < -0.3 is 4.90 Å². The fourth-order valence-corrected chi connectivity index (χ4v) is 3.32. The van der Waals surface area contributed by atoms with Gasteiger partial charge in [0.2, 0.25) is 5.91 Å². The Kier molecular flexibility index (Phi) is 3.47. The zero-order chi connectivity index (χ0) is 14.1. The normalized spacial score (nSPS) is 26.6. The van der Waals surface area contributed by atoms with E-state index in [9.17, 15) is 9.59 Å². The molecular formula is C16H20N2O2. The largest absolute Gasteiger partial charge is 0.329 e. The average Bonchev–Trinajstić information content (AvgIpc) is 2.51. The van der Waals surface area contributed by atoms with Crippen LogP contribution in [0.4, 0.5) is 5.69 Å². The number of amides is 2. The molecule has 2 amide bonds. The second kappa shape index (κ2) is 5.27. The highest BCUT2D eigenvalue weighted by Crippen LogP contribution is 2.31. The van der Waals surface area contributed by atoms with E-state index in [1.807, 2.05) is 37.3 Å². The van der Waals surface area contributed by atoms with Crippen LogP contribution in [0.3, 0.4) is 0 Å². The number of carbonyl (C=O) groups is 2. The molecule has 0 N–H and O–H groups in total. The second-order valence-corrected chi connectivity index (χ2v) is 5.51. The summed E-state index contributed by atoms with van der Waals surface area (Å²) in [7, 11) is 0. The van der Waals surface area contributed by atoms with E-state index in [0.717, 1.165) is 31.5 Å². The molecule has 1 aromatic carbocycles. The van der Waals surface area contributed by atoms with Gasteiger partial charge in [-0.2, -0.15) is 0 Å². The molecule has 0 saturated carbocycles. The molecule has 0 aliphatic carbocycles. The molecule has 2 aliphatic rings. The number of hydrogen-bond donors (Lipinski definition) is 0. The molecule has 0 aromatic heterocycles. The first kappa shape index (κ1) is 13.2. The van der Waals surface area contributed by atoms with E-state index in [-0.39, 0.29) is 23.9 Å². The Morgan fingerprint density at radius 2 is 1.85 bits per heavy atom. The van der Waals surface area contributed by atoms with Gasteiger partial charge in [0.05, 0.1) is 0 Å². The first-order valence-corrected chi connectivity index (χ1v) is 7.42. The number of hydrogen-bond acceptors (Lipinski definition) is 2. The van der Waals surface area contributed by atoms with Crippen molar-refractivity contribution in [2.24, 2.45) is 0 Å². The molecule has 4 nitrogen and oxygen atoms in total. The van der Waals surface area contributed by atoms with Crippen molar-refractivity contribution < 1.29 is 9.59 Å². The summed E-state index contributed by atoms with van der Waals surface area (Å²) in [6.45, 7) is 2.70. The van der Waals surface area contributed by atoms with Crippen LogP contribution in [0.25, 0.3) is 0 Å². The van der Waals surface area contributed by atoms with E-state index < -0.39 is 0 Å². The second-order valence-electron chi connectivity index (χ2n) is 5.51. The van der Waals surface area contributed by atoms with E-state index in [1.54, 1.807) is 9.80 Å². The molecule has 2 heterocycles. The highest BCUT2D eigenvalue weighted by Gasteiger charge is 2.46. The third kappa shape index (κ3) is 1.99. The van der Waals surface area contributed by atoms with Gasteiger partial charge in [-0.15, -0.1) is 0 Å². The van der Waals surface area contributed by atoms with Crippen molar-refractivity contribution in [1.82, 2.24) is 4.90 Å². The Bertz CT molecular complexity index is 514. The number of rotatable bonds is 2. The van der Waals surface area contributed by atoms with Crippen molar-refractivity contribution in [2.45, 2.75) is 44.7 Å². The number of benzene rings is 1. The van der Waals surface area contributed by atoms with Crippen LogP contribution in [-0.2, 0) is 9.59 Å². The lowest BCUT2D eigenvalue weighted by molar-refractivity contribution is -0.148. The quantitative estimate of drug-likeness (QED) is 0.828. The van der Waals surface area contributed by atoms with Gasteiger partial charge in [-0.25, -0.2) is 0 Å². The molecule has 2 unspecified atom stereocenters. The fourth-order valence-electron chi connectivity index (χ4n) is 3.32. The number of fused-ring (bicyclic) bond motifs is 1. The van der Waals surface area contributed by atoms with Crippen LogP contribution in [0, 0.1) is 0 Å². The van der Waals surface area contributed by atoms with Gasteiger partial charge >= 0.3 is 0 Å². The summed E-state index contributed by atoms with van der Waals surface area (Å²) in [5.74, 6) is 0.197. The predicted octanol–water partition coefficient (Wildman–Crippen LogP) is 2.19. The van der Waals surface area contributed by atoms with Crippen LogP contribution < -0.4 is 4.90 Å². The molecule has 2 fully saturated rings. The van der Waals surface area contributed by atoms with Crippen LogP contribution in [0.1, 0.15) is 32.6 Å². The van der Waals surface area contributed by atoms with Gasteiger partial charge in [0.1, 0.15) is 12.1 Å². The smallest absolute Gasteiger partial charge is 0.250 e. The summed E-state index contributed by atoms with van der Waals surface area (Å²) < 4.78 is 0. The molecule has 2 atom stereocenters. The minimum atomic E-state index is -0.348. The van der Waals surface area contributed by atoms with Crippen LogP contribution in [0.2, 0.25) is 0 Å². The van der Waals surface area contributed by atoms with E-state index in [2.05, 4.69) is 0 Å². The maximum Gasteiger partial charge on any atom is 0.250 e. The summed E-state index contributed by atoms with van der Waals surface area (Å²) in [4.78, 5) is 29.0. The maximum atomic E-state index is 12.8. The monoisotopic (exact) mass is 272 g/mol. The van der Waals surface area contributed by atoms with Crippen molar-refractivity contribution in [1.29, 1.82) is 0 Å². The van der Waals surface area contributed by atoms with Crippen molar-refractivity contribution >= 4 is 17.5 Å². The number of carbonyl (C=O) groups excluding carboxylic acids is 2. The van der Waals surface area contributed by atoms with E-state index >= 15 is 0 Å². The molecule has 0 spiro atoms. The van der Waals surface area contributed by atoms with Crippen LogP contribution in [-0.4, -0.2) is 35.3 Å². The predicted molar refractivity (Wildman–Crippen MR) is 77.4 cm³/mol. The van der Waals surface area contributed by atoms with Crippen LogP contribution >= 0.6 is 0 Å². The highest BCUT2D eigenvalue weighted by molar-refractivity contribution is 6.08. The standard InChI is InChI=1S/C16H20N2O2/c1-2-13-15(19)17-11-7-6-10-14(17)16(20)18(13)12-8-4-3-5-9-12/h3-5,8-9,13-14H,2,6-7,10-11H2,1H3. The Hall–Kier alpha value is -1.84. The minimum absolute atomic E-state index is 0.0855. The van der Waals surface area contributed by atoms with Gasteiger partial charge in [0.15, 0.2) is 0 Å². The lowest BCUT2D eigenvalue weighted by atomic mass is 9.94. The van der Waals surface area contributed by atoms with Crippen LogP contribution in [0.15, 0.2) is 30.3 Å². The number of anilines is 1. The summed E-state index contributed by atoms with van der Waals surface area (Å²) in [5.41, 5.74) is 0.836.